The van der Waals surface area contributed by atoms with Gasteiger partial charge in [0.15, 0.2) is 0 Å². The second kappa shape index (κ2) is 6.96. The van der Waals surface area contributed by atoms with Crippen molar-refractivity contribution in [1.29, 1.82) is 0 Å². The van der Waals surface area contributed by atoms with E-state index < -0.39 is 12.1 Å². The second-order valence-electron chi connectivity index (χ2n) is 6.10. The molecule has 0 radical (unpaired) electrons. The number of methoxy groups -OCH3 is 2. The molecule has 1 saturated heterocycles. The van der Waals surface area contributed by atoms with Crippen molar-refractivity contribution in [2.75, 3.05) is 33.9 Å². The molecule has 0 spiro atoms. The molecule has 2 heterocycles. The SMILES string of the molecule is COc1ccc(OC)c2c1CN(C(=O)[C@H]1NCCO[C@@H]1C)CC2O. The minimum atomic E-state index is -0.817. The minimum Gasteiger partial charge on any atom is -0.496 e. The molecule has 0 aliphatic carbocycles. The number of fused-ring (bicyclic) bond motifs is 1. The number of morpholine rings is 1. The molecule has 0 saturated carbocycles. The molecule has 1 aromatic carbocycles. The van der Waals surface area contributed by atoms with E-state index in [0.717, 1.165) is 5.56 Å². The Bertz CT molecular complexity index is 621. The van der Waals surface area contributed by atoms with Gasteiger partial charge in [-0.3, -0.25) is 4.79 Å². The maximum absolute atomic E-state index is 12.9. The van der Waals surface area contributed by atoms with E-state index >= 15 is 0 Å². The summed E-state index contributed by atoms with van der Waals surface area (Å²) in [6.07, 6.45) is -1.01. The van der Waals surface area contributed by atoms with Crippen molar-refractivity contribution in [3.05, 3.63) is 23.3 Å². The summed E-state index contributed by atoms with van der Waals surface area (Å²) in [6, 6.07) is 3.17. The number of aliphatic hydroxyl groups is 1. The summed E-state index contributed by atoms with van der Waals surface area (Å²) in [7, 11) is 3.14. The fraction of sp³-hybridized carbons (Fsp3) is 0.588. The largest absolute Gasteiger partial charge is 0.496 e. The Hall–Kier alpha value is -1.83. The maximum atomic E-state index is 12.9. The van der Waals surface area contributed by atoms with E-state index in [-0.39, 0.29) is 18.6 Å². The third-order valence-corrected chi connectivity index (χ3v) is 4.68. The second-order valence-corrected chi connectivity index (χ2v) is 6.10. The summed E-state index contributed by atoms with van der Waals surface area (Å²) in [5.41, 5.74) is 1.48. The van der Waals surface area contributed by atoms with Gasteiger partial charge in [0.2, 0.25) is 5.91 Å². The normalized spacial score (nSPS) is 26.7. The fourth-order valence-electron chi connectivity index (χ4n) is 3.45. The first-order chi connectivity index (χ1) is 11.6. The van der Waals surface area contributed by atoms with Crippen LogP contribution >= 0.6 is 0 Å². The monoisotopic (exact) mass is 336 g/mol. The van der Waals surface area contributed by atoms with Crippen molar-refractivity contribution in [3.63, 3.8) is 0 Å². The Morgan fingerprint density at radius 2 is 2.04 bits per heavy atom. The van der Waals surface area contributed by atoms with Crippen LogP contribution in [0.2, 0.25) is 0 Å². The highest BCUT2D eigenvalue weighted by atomic mass is 16.5. The molecule has 0 aromatic heterocycles. The average Bonchev–Trinajstić information content (AvgIpc) is 2.60. The molecule has 2 aliphatic rings. The van der Waals surface area contributed by atoms with Crippen LogP contribution in [0.25, 0.3) is 0 Å². The summed E-state index contributed by atoms with van der Waals surface area (Å²) in [5, 5.41) is 13.8. The zero-order valence-corrected chi connectivity index (χ0v) is 14.2. The third kappa shape index (κ3) is 2.94. The number of β-amino-alcohol motifs (C(OH)–C–C–N with tert-alkyl or cyclic N) is 1. The van der Waals surface area contributed by atoms with E-state index in [4.69, 9.17) is 14.2 Å². The number of ether oxygens (including phenoxy) is 3. The van der Waals surface area contributed by atoms with Crippen molar-refractivity contribution in [2.45, 2.75) is 31.7 Å². The zero-order valence-electron chi connectivity index (χ0n) is 14.2. The van der Waals surface area contributed by atoms with E-state index in [1.807, 2.05) is 6.92 Å². The molecule has 2 aliphatic heterocycles. The Balaban J connectivity index is 1.89. The lowest BCUT2D eigenvalue weighted by Crippen LogP contribution is -2.57. The van der Waals surface area contributed by atoms with E-state index in [1.54, 1.807) is 31.3 Å². The van der Waals surface area contributed by atoms with Crippen molar-refractivity contribution in [3.8, 4) is 11.5 Å². The summed E-state index contributed by atoms with van der Waals surface area (Å²) in [4.78, 5) is 14.5. The Morgan fingerprint density at radius 3 is 2.71 bits per heavy atom. The number of aliphatic hydroxyl groups excluding tert-OH is 1. The predicted octanol–water partition coefficient (Wildman–Crippen LogP) is 0.456. The van der Waals surface area contributed by atoms with Crippen molar-refractivity contribution in [1.82, 2.24) is 10.2 Å². The number of nitrogens with one attached hydrogen (secondary N) is 1. The van der Waals surface area contributed by atoms with Gasteiger partial charge in [-0.05, 0) is 19.1 Å². The molecule has 7 heteroatoms. The number of benzene rings is 1. The van der Waals surface area contributed by atoms with Gasteiger partial charge >= 0.3 is 0 Å². The highest BCUT2D eigenvalue weighted by molar-refractivity contribution is 5.83. The van der Waals surface area contributed by atoms with E-state index in [9.17, 15) is 9.90 Å². The number of carbonyl (C=O) groups excluding carboxylic acids is 1. The molecule has 1 aromatic rings. The smallest absolute Gasteiger partial charge is 0.242 e. The molecule has 2 N–H and O–H groups in total. The Labute approximate surface area is 141 Å². The van der Waals surface area contributed by atoms with Gasteiger partial charge in [-0.2, -0.15) is 0 Å². The van der Waals surface area contributed by atoms with Crippen molar-refractivity contribution in [2.24, 2.45) is 0 Å². The standard InChI is InChI=1S/C17H24N2O5/c1-10-16(18-6-7-24-10)17(21)19-8-11-13(22-2)4-5-14(23-3)15(11)12(20)9-19/h4-5,10,12,16,18,20H,6-9H2,1-3H3/t10-,12?,16+/m1/s1. The molecule has 3 atom stereocenters. The lowest BCUT2D eigenvalue weighted by atomic mass is 9.94. The quantitative estimate of drug-likeness (QED) is 0.835. The number of carbonyl (C=O) groups is 1. The summed E-state index contributed by atoms with van der Waals surface area (Å²) < 4.78 is 16.3. The minimum absolute atomic E-state index is 0.0724. The Morgan fingerprint density at radius 1 is 1.33 bits per heavy atom. The first-order valence-corrected chi connectivity index (χ1v) is 8.12. The van der Waals surface area contributed by atoms with Crippen molar-refractivity contribution >= 4 is 5.91 Å². The average molecular weight is 336 g/mol. The maximum Gasteiger partial charge on any atom is 0.242 e. The highest BCUT2D eigenvalue weighted by Crippen LogP contribution is 2.39. The van der Waals surface area contributed by atoms with Gasteiger partial charge < -0.3 is 29.5 Å². The van der Waals surface area contributed by atoms with Crippen LogP contribution in [0.3, 0.4) is 0 Å². The fourth-order valence-corrected chi connectivity index (χ4v) is 3.45. The van der Waals surface area contributed by atoms with Crippen LogP contribution in [0.15, 0.2) is 12.1 Å². The highest BCUT2D eigenvalue weighted by Gasteiger charge is 2.37. The molecular formula is C17H24N2O5. The van der Waals surface area contributed by atoms with E-state index in [0.29, 0.717) is 36.8 Å². The molecule has 3 rings (SSSR count). The lowest BCUT2D eigenvalue weighted by molar-refractivity contribution is -0.142. The summed E-state index contributed by atoms with van der Waals surface area (Å²) in [6.45, 7) is 3.72. The van der Waals surface area contributed by atoms with Gasteiger partial charge in [-0.1, -0.05) is 0 Å². The van der Waals surface area contributed by atoms with Crippen LogP contribution in [0.5, 0.6) is 11.5 Å². The van der Waals surface area contributed by atoms with E-state index in [2.05, 4.69) is 5.32 Å². The van der Waals surface area contributed by atoms with Gasteiger partial charge in [0.1, 0.15) is 23.6 Å². The first kappa shape index (κ1) is 17.0. The van der Waals surface area contributed by atoms with Crippen LogP contribution < -0.4 is 14.8 Å². The number of nitrogens with zero attached hydrogens (tertiary/aromatic N) is 1. The van der Waals surface area contributed by atoms with Gasteiger partial charge in [-0.15, -0.1) is 0 Å². The molecular weight excluding hydrogens is 312 g/mol. The number of rotatable bonds is 3. The van der Waals surface area contributed by atoms with Gasteiger partial charge in [0, 0.05) is 24.2 Å². The topological polar surface area (TPSA) is 80.3 Å². The molecule has 0 bridgehead atoms. The van der Waals surface area contributed by atoms with Crippen LogP contribution in [-0.4, -0.2) is 62.0 Å². The van der Waals surface area contributed by atoms with Crippen LogP contribution in [-0.2, 0) is 16.1 Å². The van der Waals surface area contributed by atoms with Crippen LogP contribution in [0, 0.1) is 0 Å². The van der Waals surface area contributed by atoms with Gasteiger partial charge in [0.05, 0.1) is 33.5 Å². The molecule has 1 unspecified atom stereocenters. The number of amides is 1. The van der Waals surface area contributed by atoms with Crippen LogP contribution in [0.4, 0.5) is 0 Å². The van der Waals surface area contributed by atoms with Crippen LogP contribution in [0.1, 0.15) is 24.2 Å². The lowest BCUT2D eigenvalue weighted by Gasteiger charge is -2.38. The molecule has 7 nitrogen and oxygen atoms in total. The number of hydrogen-bond acceptors (Lipinski definition) is 6. The molecule has 1 amide bonds. The molecule has 132 valence electrons. The van der Waals surface area contributed by atoms with Gasteiger partial charge in [0.25, 0.3) is 0 Å². The molecule has 24 heavy (non-hydrogen) atoms. The summed E-state index contributed by atoms with van der Waals surface area (Å²) in [5.74, 6) is 1.18. The predicted molar refractivity (Wildman–Crippen MR) is 87.1 cm³/mol. The third-order valence-electron chi connectivity index (χ3n) is 4.68. The summed E-state index contributed by atoms with van der Waals surface area (Å²) >= 11 is 0. The first-order valence-electron chi connectivity index (χ1n) is 8.12. The van der Waals surface area contributed by atoms with Gasteiger partial charge in [-0.25, -0.2) is 0 Å². The zero-order chi connectivity index (χ0) is 17.3. The van der Waals surface area contributed by atoms with Crippen molar-refractivity contribution < 1.29 is 24.1 Å². The molecule has 1 fully saturated rings. The Kier molecular flexibility index (Phi) is 4.93. The van der Waals surface area contributed by atoms with E-state index in [1.165, 1.54) is 0 Å². The number of hydrogen-bond donors (Lipinski definition) is 2.